The van der Waals surface area contributed by atoms with E-state index in [1.54, 1.807) is 19.3 Å². The molecule has 2 unspecified atom stereocenters. The molecule has 0 heterocycles. The van der Waals surface area contributed by atoms with Crippen molar-refractivity contribution in [2.24, 2.45) is 35.5 Å². The molecule has 0 aromatic heterocycles. The Hall–Kier alpha value is 0. The van der Waals surface area contributed by atoms with E-state index in [2.05, 4.69) is 27.7 Å². The average molecular weight is 208 g/mol. The van der Waals surface area contributed by atoms with Crippen LogP contribution >= 0.6 is 0 Å². The smallest absolute Gasteiger partial charge is 0.0380 e. The zero-order valence-electron chi connectivity index (χ0n) is 11.0. The minimum Gasteiger partial charge on any atom is -0.0628 e. The molecule has 0 N–H and O–H groups in total. The van der Waals surface area contributed by atoms with Gasteiger partial charge in [0.05, 0.1) is 0 Å². The van der Waals surface area contributed by atoms with Gasteiger partial charge in [-0.1, -0.05) is 27.7 Å². The summed E-state index contributed by atoms with van der Waals surface area (Å²) >= 11 is 0. The monoisotopic (exact) mass is 208 g/mol. The molecule has 2 saturated carbocycles. The molecule has 0 amide bonds. The SMILES string of the molecule is CC(C)CC1C[C@H]2C[C@@H]1CC2CC(C)C. The Morgan fingerprint density at radius 3 is 1.40 bits per heavy atom. The van der Waals surface area contributed by atoms with Crippen LogP contribution in [0.3, 0.4) is 0 Å². The molecule has 0 spiro atoms. The fraction of sp³-hybridized carbons (Fsp3) is 1.00. The minimum atomic E-state index is 0.915. The van der Waals surface area contributed by atoms with Gasteiger partial charge in [-0.25, -0.2) is 0 Å². The van der Waals surface area contributed by atoms with Crippen molar-refractivity contribution < 1.29 is 0 Å². The Balaban J connectivity index is 1.83. The van der Waals surface area contributed by atoms with Gasteiger partial charge in [0.2, 0.25) is 0 Å². The van der Waals surface area contributed by atoms with E-state index in [-0.39, 0.29) is 0 Å². The first kappa shape index (κ1) is 11.5. The van der Waals surface area contributed by atoms with E-state index >= 15 is 0 Å². The second-order valence-corrected chi connectivity index (χ2v) is 7.01. The fourth-order valence-corrected chi connectivity index (χ4v) is 4.30. The number of rotatable bonds is 4. The summed E-state index contributed by atoms with van der Waals surface area (Å²) in [5, 5.41) is 0. The lowest BCUT2D eigenvalue weighted by Gasteiger charge is -2.29. The van der Waals surface area contributed by atoms with Crippen LogP contribution in [0.25, 0.3) is 0 Å². The number of fused-ring (bicyclic) bond motifs is 2. The average Bonchev–Trinajstić information content (AvgIpc) is 2.60. The molecule has 2 rings (SSSR count). The predicted molar refractivity (Wildman–Crippen MR) is 66.7 cm³/mol. The van der Waals surface area contributed by atoms with Gasteiger partial charge in [0, 0.05) is 0 Å². The predicted octanol–water partition coefficient (Wildman–Crippen LogP) is 4.74. The van der Waals surface area contributed by atoms with Gasteiger partial charge >= 0.3 is 0 Å². The van der Waals surface area contributed by atoms with E-state index in [1.807, 2.05) is 0 Å². The van der Waals surface area contributed by atoms with Crippen LogP contribution in [0.4, 0.5) is 0 Å². The molecule has 0 heteroatoms. The van der Waals surface area contributed by atoms with Gasteiger partial charge in [-0.15, -0.1) is 0 Å². The second-order valence-electron chi connectivity index (χ2n) is 7.01. The van der Waals surface area contributed by atoms with E-state index in [0.717, 1.165) is 35.5 Å². The first-order valence-corrected chi connectivity index (χ1v) is 7.06. The third kappa shape index (κ3) is 2.57. The molecular formula is C15H28. The van der Waals surface area contributed by atoms with Crippen LogP contribution in [0.2, 0.25) is 0 Å². The fourth-order valence-electron chi connectivity index (χ4n) is 4.30. The van der Waals surface area contributed by atoms with Gasteiger partial charge in [0.25, 0.3) is 0 Å². The zero-order valence-corrected chi connectivity index (χ0v) is 11.0. The van der Waals surface area contributed by atoms with E-state index in [9.17, 15) is 0 Å². The van der Waals surface area contributed by atoms with Crippen molar-refractivity contribution in [3.63, 3.8) is 0 Å². The topological polar surface area (TPSA) is 0 Å². The van der Waals surface area contributed by atoms with Crippen LogP contribution in [0.5, 0.6) is 0 Å². The normalized spacial score (nSPS) is 39.6. The molecule has 2 fully saturated rings. The summed E-state index contributed by atoms with van der Waals surface area (Å²) in [5.74, 6) is 6.25. The van der Waals surface area contributed by atoms with Crippen molar-refractivity contribution in [2.75, 3.05) is 0 Å². The highest BCUT2D eigenvalue weighted by atomic mass is 14.5. The highest BCUT2D eigenvalue weighted by molar-refractivity contribution is 4.95. The van der Waals surface area contributed by atoms with Crippen LogP contribution in [0.1, 0.15) is 59.8 Å². The molecule has 0 aliphatic heterocycles. The van der Waals surface area contributed by atoms with Crippen LogP contribution in [-0.2, 0) is 0 Å². The van der Waals surface area contributed by atoms with Gasteiger partial charge in [0.15, 0.2) is 0 Å². The molecule has 0 radical (unpaired) electrons. The summed E-state index contributed by atoms with van der Waals surface area (Å²) in [6, 6.07) is 0. The second kappa shape index (κ2) is 4.47. The number of hydrogen-bond acceptors (Lipinski definition) is 0. The first-order valence-electron chi connectivity index (χ1n) is 7.06. The summed E-state index contributed by atoms with van der Waals surface area (Å²) in [7, 11) is 0. The van der Waals surface area contributed by atoms with Crippen LogP contribution < -0.4 is 0 Å². The molecule has 88 valence electrons. The van der Waals surface area contributed by atoms with E-state index in [4.69, 9.17) is 0 Å². The first-order chi connectivity index (χ1) is 7.06. The largest absolute Gasteiger partial charge is 0.0628 e. The van der Waals surface area contributed by atoms with Gasteiger partial charge in [-0.2, -0.15) is 0 Å². The van der Waals surface area contributed by atoms with E-state index < -0.39 is 0 Å². The Bertz CT molecular complexity index is 182. The van der Waals surface area contributed by atoms with Crippen molar-refractivity contribution in [1.29, 1.82) is 0 Å². The van der Waals surface area contributed by atoms with Gasteiger partial charge < -0.3 is 0 Å². The summed E-state index contributed by atoms with van der Waals surface area (Å²) < 4.78 is 0. The van der Waals surface area contributed by atoms with Gasteiger partial charge in [0.1, 0.15) is 0 Å². The van der Waals surface area contributed by atoms with Gasteiger partial charge in [-0.05, 0) is 67.6 Å². The molecule has 0 aromatic rings. The number of hydrogen-bond donors (Lipinski definition) is 0. The summed E-state index contributed by atoms with van der Waals surface area (Å²) in [5.41, 5.74) is 0. The molecule has 0 nitrogen and oxygen atoms in total. The maximum Gasteiger partial charge on any atom is -0.0380 e. The van der Waals surface area contributed by atoms with Crippen molar-refractivity contribution in [3.05, 3.63) is 0 Å². The highest BCUT2D eigenvalue weighted by Gasteiger charge is 2.45. The summed E-state index contributed by atoms with van der Waals surface area (Å²) in [4.78, 5) is 0. The van der Waals surface area contributed by atoms with Crippen molar-refractivity contribution in [1.82, 2.24) is 0 Å². The Labute approximate surface area is 95.8 Å². The van der Waals surface area contributed by atoms with Crippen molar-refractivity contribution in [3.8, 4) is 0 Å². The molecule has 2 aliphatic rings. The Kier molecular flexibility index (Phi) is 3.42. The summed E-state index contributed by atoms with van der Waals surface area (Å²) in [6.45, 7) is 9.55. The summed E-state index contributed by atoms with van der Waals surface area (Å²) in [6.07, 6.45) is 7.71. The third-order valence-electron chi connectivity index (χ3n) is 4.70. The van der Waals surface area contributed by atoms with Crippen LogP contribution in [0.15, 0.2) is 0 Å². The van der Waals surface area contributed by atoms with Crippen LogP contribution in [0, 0.1) is 35.5 Å². The zero-order chi connectivity index (χ0) is 11.0. The standard InChI is InChI=1S/C15H28/c1-10(2)5-12-7-15-9-14(12)8-13(15)6-11(3)4/h10-15H,5-9H2,1-4H3/t12?,13?,14-,15-/m0/s1. The maximum atomic E-state index is 2.39. The highest BCUT2D eigenvalue weighted by Crippen LogP contribution is 2.54. The quantitative estimate of drug-likeness (QED) is 0.626. The third-order valence-corrected chi connectivity index (χ3v) is 4.70. The minimum absolute atomic E-state index is 0.915. The van der Waals surface area contributed by atoms with Crippen LogP contribution in [-0.4, -0.2) is 0 Å². The lowest BCUT2D eigenvalue weighted by atomic mass is 9.76. The lowest BCUT2D eigenvalue weighted by Crippen LogP contribution is -2.20. The molecular weight excluding hydrogens is 180 g/mol. The molecule has 2 aliphatic carbocycles. The van der Waals surface area contributed by atoms with Crippen molar-refractivity contribution >= 4 is 0 Å². The molecule has 0 aromatic carbocycles. The van der Waals surface area contributed by atoms with E-state index in [1.165, 1.54) is 12.8 Å². The van der Waals surface area contributed by atoms with Crippen molar-refractivity contribution in [2.45, 2.75) is 59.8 Å². The Morgan fingerprint density at radius 1 is 0.733 bits per heavy atom. The lowest BCUT2D eigenvalue weighted by molar-refractivity contribution is 0.207. The molecule has 15 heavy (non-hydrogen) atoms. The molecule has 0 saturated heterocycles. The van der Waals surface area contributed by atoms with E-state index in [0.29, 0.717) is 0 Å². The Morgan fingerprint density at radius 2 is 1.13 bits per heavy atom. The molecule has 2 bridgehead atoms. The van der Waals surface area contributed by atoms with Gasteiger partial charge in [-0.3, -0.25) is 0 Å². The molecule has 4 atom stereocenters. The maximum absolute atomic E-state index is 2.39.